The van der Waals surface area contributed by atoms with Crippen LogP contribution in [0.15, 0.2) is 0 Å². The minimum atomic E-state index is -1.13. The molecule has 0 radical (unpaired) electrons. The predicted octanol–water partition coefficient (Wildman–Crippen LogP) is -1.30. The maximum Gasteiger partial charge on any atom is 0.381 e. The highest BCUT2D eigenvalue weighted by Gasteiger charge is 2.15. The normalized spacial score (nSPS) is 14.4. The molecule has 0 fully saturated rings. The van der Waals surface area contributed by atoms with Crippen LogP contribution < -0.4 is 16.9 Å². The Morgan fingerprint density at radius 1 is 1.53 bits per heavy atom. The number of rotatable bonds is 7. The molecule has 0 aliphatic heterocycles. The third kappa shape index (κ3) is 8.89. The molecule has 0 rings (SSSR count). The third-order valence-corrected chi connectivity index (χ3v) is 2.31. The minimum Gasteiger partial charge on any atom is -0.472 e. The second-order valence-corrected chi connectivity index (χ2v) is 4.56. The molecule has 0 aromatic heterocycles. The number of aliphatic hydroxyl groups is 1. The van der Waals surface area contributed by atoms with Gasteiger partial charge in [-0.25, -0.2) is 4.79 Å². The van der Waals surface area contributed by atoms with E-state index < -0.39 is 23.4 Å². The molecule has 0 aromatic carbocycles. The number of amides is 1. The maximum absolute atomic E-state index is 11.4. The summed E-state index contributed by atoms with van der Waals surface area (Å²) in [5, 5.41) is 16.5. The number of hydrogen-bond acceptors (Lipinski definition) is 7. The van der Waals surface area contributed by atoms with E-state index in [2.05, 4.69) is 5.43 Å². The Labute approximate surface area is 103 Å². The van der Waals surface area contributed by atoms with Crippen LogP contribution in [0.2, 0.25) is 0 Å². The van der Waals surface area contributed by atoms with E-state index >= 15 is 0 Å². The molecule has 0 heterocycles. The van der Waals surface area contributed by atoms with Crippen LogP contribution in [0.4, 0.5) is 4.79 Å². The molecule has 0 bridgehead atoms. The largest absolute Gasteiger partial charge is 0.472 e. The van der Waals surface area contributed by atoms with E-state index in [1.54, 1.807) is 0 Å². The monoisotopic (exact) mass is 266 g/mol. The molecule has 0 aromatic rings. The molecule has 0 aliphatic rings. The minimum absolute atomic E-state index is 0.0123. The van der Waals surface area contributed by atoms with Crippen molar-refractivity contribution in [2.24, 2.45) is 11.5 Å². The topological polar surface area (TPSA) is 142 Å². The van der Waals surface area contributed by atoms with E-state index in [0.29, 0.717) is 11.9 Å². The molecular weight excluding hydrogens is 248 g/mol. The van der Waals surface area contributed by atoms with Crippen molar-refractivity contribution < 1.29 is 19.8 Å². The Morgan fingerprint density at radius 2 is 2.12 bits per heavy atom. The molecule has 0 saturated heterocycles. The number of aliphatic hydroxyl groups excluding tert-OH is 1. The third-order valence-electron chi connectivity index (χ3n) is 1.79. The van der Waals surface area contributed by atoms with Crippen LogP contribution in [0, 0.1) is 0 Å². The van der Waals surface area contributed by atoms with Gasteiger partial charge in [0.05, 0.1) is 18.1 Å². The van der Waals surface area contributed by atoms with Gasteiger partial charge in [0.25, 0.3) is 0 Å². The summed E-state index contributed by atoms with van der Waals surface area (Å²) in [6.45, 7) is 0.0874. The number of nitrogens with one attached hydrogen (secondary N) is 1. The fraction of sp³-hybridized carbons (Fsp3) is 0.750. The van der Waals surface area contributed by atoms with Crippen molar-refractivity contribution in [2.75, 3.05) is 13.6 Å². The molecule has 9 heteroatoms. The van der Waals surface area contributed by atoms with Gasteiger partial charge in [0.1, 0.15) is 0 Å². The predicted molar refractivity (Wildman–Crippen MR) is 63.8 cm³/mol. The van der Waals surface area contributed by atoms with Gasteiger partial charge in [-0.05, 0) is 6.42 Å². The van der Waals surface area contributed by atoms with Crippen LogP contribution in [0.25, 0.3) is 0 Å². The van der Waals surface area contributed by atoms with E-state index in [4.69, 9.17) is 16.6 Å². The van der Waals surface area contributed by atoms with Crippen molar-refractivity contribution in [3.05, 3.63) is 0 Å². The summed E-state index contributed by atoms with van der Waals surface area (Å²) in [5.41, 5.74) is 13.1. The highest BCUT2D eigenvalue weighted by molar-refractivity contribution is 8.11. The summed E-state index contributed by atoms with van der Waals surface area (Å²) in [7, 11) is 1.40. The average Bonchev–Trinajstić information content (AvgIpc) is 2.14. The molecule has 100 valence electrons. The molecule has 8 nitrogen and oxygen atoms in total. The molecular formula is C8H18N4O4S. The molecule has 2 atom stereocenters. The summed E-state index contributed by atoms with van der Waals surface area (Å²) in [4.78, 5) is 21.7. The number of carboxylic acid groups (broad SMARTS) is 1. The lowest BCUT2D eigenvalue weighted by Crippen LogP contribution is -2.40. The Morgan fingerprint density at radius 3 is 2.59 bits per heavy atom. The number of hydrazine groups is 1. The van der Waals surface area contributed by atoms with Crippen LogP contribution in [0.1, 0.15) is 12.8 Å². The van der Waals surface area contributed by atoms with E-state index in [1.165, 1.54) is 7.05 Å². The van der Waals surface area contributed by atoms with E-state index in [9.17, 15) is 14.7 Å². The number of nitrogens with two attached hydrogens (primary N) is 2. The zero-order chi connectivity index (χ0) is 13.4. The molecule has 1 amide bonds. The molecule has 0 aliphatic carbocycles. The molecule has 0 unspecified atom stereocenters. The Kier molecular flexibility index (Phi) is 7.83. The van der Waals surface area contributed by atoms with Gasteiger partial charge in [-0.1, -0.05) is 0 Å². The van der Waals surface area contributed by atoms with Gasteiger partial charge in [0, 0.05) is 26.1 Å². The highest BCUT2D eigenvalue weighted by atomic mass is 32.2. The lowest BCUT2D eigenvalue weighted by molar-refractivity contribution is -0.123. The van der Waals surface area contributed by atoms with Crippen LogP contribution >= 0.6 is 11.9 Å². The fourth-order valence-corrected chi connectivity index (χ4v) is 1.51. The van der Waals surface area contributed by atoms with Gasteiger partial charge < -0.3 is 21.7 Å². The van der Waals surface area contributed by atoms with Gasteiger partial charge in [0.15, 0.2) is 0 Å². The maximum atomic E-state index is 11.4. The van der Waals surface area contributed by atoms with Gasteiger partial charge in [-0.2, -0.15) is 4.41 Å². The molecule has 7 N–H and O–H groups in total. The summed E-state index contributed by atoms with van der Waals surface area (Å²) >= 11 is 0.436. The fourth-order valence-electron chi connectivity index (χ4n) is 1.13. The van der Waals surface area contributed by atoms with Gasteiger partial charge in [-0.3, -0.25) is 10.2 Å². The summed E-state index contributed by atoms with van der Waals surface area (Å²) in [5.74, 6) is -0.419. The van der Waals surface area contributed by atoms with Gasteiger partial charge in [0.2, 0.25) is 5.91 Å². The second kappa shape index (κ2) is 8.25. The smallest absolute Gasteiger partial charge is 0.381 e. The van der Waals surface area contributed by atoms with Crippen LogP contribution in [-0.2, 0) is 4.79 Å². The molecule has 0 spiro atoms. The van der Waals surface area contributed by atoms with E-state index in [1.807, 2.05) is 0 Å². The Bertz CT molecular complexity index is 266. The van der Waals surface area contributed by atoms with Crippen molar-refractivity contribution in [3.8, 4) is 0 Å². The van der Waals surface area contributed by atoms with Gasteiger partial charge in [-0.15, -0.1) is 0 Å². The highest BCUT2D eigenvalue weighted by Crippen LogP contribution is 2.05. The summed E-state index contributed by atoms with van der Waals surface area (Å²) in [6.07, 6.45) is -0.523. The number of carbonyl (C=O) groups excluding carboxylic acids is 1. The van der Waals surface area contributed by atoms with E-state index in [-0.39, 0.29) is 19.4 Å². The van der Waals surface area contributed by atoms with Crippen molar-refractivity contribution in [2.45, 2.75) is 25.0 Å². The molecule has 17 heavy (non-hydrogen) atoms. The first-order valence-electron chi connectivity index (χ1n) is 4.93. The first-order chi connectivity index (χ1) is 7.85. The molecule has 0 saturated carbocycles. The van der Waals surface area contributed by atoms with Crippen LogP contribution in [0.5, 0.6) is 0 Å². The van der Waals surface area contributed by atoms with Crippen molar-refractivity contribution in [1.29, 1.82) is 0 Å². The SMILES string of the molecule is CN(NC(=O)C[C@H](N)C[C@@H](O)CN)SC(=O)O. The van der Waals surface area contributed by atoms with Crippen LogP contribution in [-0.4, -0.2) is 51.6 Å². The first-order valence-corrected chi connectivity index (χ1v) is 5.70. The quantitative estimate of drug-likeness (QED) is 0.283. The second-order valence-electron chi connectivity index (χ2n) is 3.48. The first kappa shape index (κ1) is 16.1. The van der Waals surface area contributed by atoms with Crippen molar-refractivity contribution in [3.63, 3.8) is 0 Å². The van der Waals surface area contributed by atoms with E-state index in [0.717, 1.165) is 4.41 Å². The standard InChI is InChI=1S/C8H18N4O4S/c1-12(17-8(15)16)11-7(14)3-5(10)2-6(13)4-9/h5-6,13H,2-4,9-10H2,1H3,(H,11,14)(H,15,16)/t5-,6-/m1/s1. The number of nitrogens with zero attached hydrogens (tertiary/aromatic N) is 1. The zero-order valence-electron chi connectivity index (χ0n) is 9.50. The lowest BCUT2D eigenvalue weighted by Gasteiger charge is -2.17. The Hall–Kier alpha value is -0.870. The van der Waals surface area contributed by atoms with Crippen molar-refractivity contribution in [1.82, 2.24) is 9.84 Å². The number of hydrogen-bond donors (Lipinski definition) is 5. The zero-order valence-corrected chi connectivity index (χ0v) is 10.3. The Balaban J connectivity index is 3.88. The summed E-state index contributed by atoms with van der Waals surface area (Å²) in [6, 6.07) is -0.517. The van der Waals surface area contributed by atoms with Gasteiger partial charge >= 0.3 is 5.30 Å². The summed E-state index contributed by atoms with van der Waals surface area (Å²) < 4.78 is 1.07. The average molecular weight is 266 g/mol. The van der Waals surface area contributed by atoms with Crippen molar-refractivity contribution >= 4 is 23.2 Å². The van der Waals surface area contributed by atoms with Crippen LogP contribution in [0.3, 0.4) is 0 Å². The lowest BCUT2D eigenvalue weighted by atomic mass is 10.1. The number of carbonyl (C=O) groups is 2.